The van der Waals surface area contributed by atoms with E-state index in [-0.39, 0.29) is 23.2 Å². The molecule has 146 valence electrons. The van der Waals surface area contributed by atoms with Crippen molar-refractivity contribution >= 4 is 50.2 Å². The maximum absolute atomic E-state index is 12.7. The summed E-state index contributed by atoms with van der Waals surface area (Å²) in [5.74, 6) is -0.380. The van der Waals surface area contributed by atoms with Crippen molar-refractivity contribution in [2.24, 2.45) is 0 Å². The summed E-state index contributed by atoms with van der Waals surface area (Å²) in [6.45, 7) is -0.179. The molecule has 0 bridgehead atoms. The number of hydrogen-bond acceptors (Lipinski definition) is 5. The van der Waals surface area contributed by atoms with E-state index in [2.05, 4.69) is 10.0 Å². The van der Waals surface area contributed by atoms with E-state index in [1.807, 2.05) is 30.3 Å². The van der Waals surface area contributed by atoms with E-state index < -0.39 is 10.0 Å². The van der Waals surface area contributed by atoms with Gasteiger partial charge in [0.25, 0.3) is 5.91 Å². The van der Waals surface area contributed by atoms with Gasteiger partial charge in [0.15, 0.2) is 0 Å². The zero-order valence-corrected chi connectivity index (χ0v) is 17.2. The summed E-state index contributed by atoms with van der Waals surface area (Å²) >= 11 is 7.22. The SMILES string of the molecule is CS(=O)(=O)Nc1cc(Cl)cc(NC(=O)c2cc(-c3ccccc3)c(CO)s2)c1. The molecule has 0 radical (unpaired) electrons. The molecule has 0 aliphatic rings. The third kappa shape index (κ3) is 5.11. The lowest BCUT2D eigenvalue weighted by Gasteiger charge is -2.09. The zero-order valence-electron chi connectivity index (χ0n) is 14.8. The van der Waals surface area contributed by atoms with Crippen LogP contribution in [0, 0.1) is 0 Å². The van der Waals surface area contributed by atoms with Crippen molar-refractivity contribution < 1.29 is 18.3 Å². The van der Waals surface area contributed by atoms with Crippen molar-refractivity contribution in [1.82, 2.24) is 0 Å². The number of sulfonamides is 1. The Balaban J connectivity index is 1.87. The van der Waals surface area contributed by atoms with Crippen LogP contribution in [0.5, 0.6) is 0 Å². The van der Waals surface area contributed by atoms with Gasteiger partial charge < -0.3 is 10.4 Å². The molecule has 0 fully saturated rings. The second-order valence-corrected chi connectivity index (χ2v) is 9.35. The normalized spacial score (nSPS) is 11.2. The van der Waals surface area contributed by atoms with E-state index in [4.69, 9.17) is 11.6 Å². The van der Waals surface area contributed by atoms with Gasteiger partial charge >= 0.3 is 0 Å². The number of aliphatic hydroxyl groups is 1. The Kier molecular flexibility index (Phi) is 6.04. The second-order valence-electron chi connectivity index (χ2n) is 6.03. The highest BCUT2D eigenvalue weighted by molar-refractivity contribution is 7.92. The molecule has 0 atom stereocenters. The fraction of sp³-hybridized carbons (Fsp3) is 0.105. The maximum Gasteiger partial charge on any atom is 0.265 e. The van der Waals surface area contributed by atoms with E-state index in [0.29, 0.717) is 15.4 Å². The second kappa shape index (κ2) is 8.32. The average Bonchev–Trinajstić information content (AvgIpc) is 3.05. The number of rotatable bonds is 6. The molecule has 1 amide bonds. The Hall–Kier alpha value is -2.39. The molecule has 1 aromatic heterocycles. The number of amides is 1. The predicted octanol–water partition coefficient (Wildman–Crippen LogP) is 4.18. The summed E-state index contributed by atoms with van der Waals surface area (Å²) < 4.78 is 25.1. The number of hydrogen-bond donors (Lipinski definition) is 3. The summed E-state index contributed by atoms with van der Waals surface area (Å²) in [7, 11) is -3.47. The number of nitrogens with one attached hydrogen (secondary N) is 2. The quantitative estimate of drug-likeness (QED) is 0.540. The molecule has 2 aromatic carbocycles. The van der Waals surface area contributed by atoms with Gasteiger partial charge in [-0.1, -0.05) is 41.9 Å². The van der Waals surface area contributed by atoms with Crippen LogP contribution in [0.4, 0.5) is 11.4 Å². The van der Waals surface area contributed by atoms with Gasteiger partial charge in [0, 0.05) is 15.6 Å². The first-order chi connectivity index (χ1) is 13.2. The minimum Gasteiger partial charge on any atom is -0.391 e. The third-order valence-corrected chi connectivity index (χ3v) is 5.66. The fourth-order valence-corrected chi connectivity index (χ4v) is 4.37. The van der Waals surface area contributed by atoms with Crippen LogP contribution in [-0.4, -0.2) is 25.7 Å². The molecular formula is C19H17ClN2O4S2. The first-order valence-electron chi connectivity index (χ1n) is 8.14. The molecule has 3 N–H and O–H groups in total. The minimum absolute atomic E-state index is 0.179. The number of anilines is 2. The Morgan fingerprint density at radius 1 is 1.11 bits per heavy atom. The summed E-state index contributed by atoms with van der Waals surface area (Å²) in [5.41, 5.74) is 2.30. The molecular weight excluding hydrogens is 420 g/mol. The highest BCUT2D eigenvalue weighted by Gasteiger charge is 2.16. The highest BCUT2D eigenvalue weighted by Crippen LogP contribution is 2.32. The van der Waals surface area contributed by atoms with Crippen LogP contribution in [0.15, 0.2) is 54.6 Å². The van der Waals surface area contributed by atoms with E-state index in [1.54, 1.807) is 6.07 Å². The Labute approximate surface area is 171 Å². The number of aliphatic hydroxyl groups excluding tert-OH is 1. The lowest BCUT2D eigenvalue weighted by molar-refractivity contribution is 0.103. The topological polar surface area (TPSA) is 95.5 Å². The molecule has 3 rings (SSSR count). The van der Waals surface area contributed by atoms with Crippen LogP contribution in [0.25, 0.3) is 11.1 Å². The zero-order chi connectivity index (χ0) is 20.3. The van der Waals surface area contributed by atoms with Crippen LogP contribution < -0.4 is 10.0 Å². The molecule has 0 unspecified atom stereocenters. The summed E-state index contributed by atoms with van der Waals surface area (Å²) in [6, 6.07) is 15.6. The molecule has 3 aromatic rings. The van der Waals surface area contributed by atoms with Gasteiger partial charge in [0.1, 0.15) is 0 Å². The maximum atomic E-state index is 12.7. The van der Waals surface area contributed by atoms with Crippen LogP contribution in [-0.2, 0) is 16.6 Å². The van der Waals surface area contributed by atoms with Crippen molar-refractivity contribution in [2.45, 2.75) is 6.61 Å². The van der Waals surface area contributed by atoms with E-state index >= 15 is 0 Å². The van der Waals surface area contributed by atoms with Gasteiger partial charge in [-0.15, -0.1) is 11.3 Å². The van der Waals surface area contributed by atoms with Crippen molar-refractivity contribution in [3.05, 3.63) is 69.4 Å². The number of benzene rings is 2. The average molecular weight is 437 g/mol. The number of halogens is 1. The lowest BCUT2D eigenvalue weighted by atomic mass is 10.1. The van der Waals surface area contributed by atoms with E-state index in [9.17, 15) is 18.3 Å². The number of carbonyl (C=O) groups is 1. The molecule has 28 heavy (non-hydrogen) atoms. The van der Waals surface area contributed by atoms with Gasteiger partial charge in [-0.05, 0) is 35.4 Å². The molecule has 0 spiro atoms. The molecule has 9 heteroatoms. The number of thiophene rings is 1. The monoisotopic (exact) mass is 436 g/mol. The standard InChI is InChI=1S/C19H17ClN2O4S2/c1-28(25,26)22-15-8-13(20)7-14(9-15)21-19(24)17-10-16(18(11-23)27-17)12-5-3-2-4-6-12/h2-10,22-23H,11H2,1H3,(H,21,24). The van der Waals surface area contributed by atoms with Gasteiger partial charge in [0.05, 0.1) is 23.4 Å². The number of carbonyl (C=O) groups excluding carboxylic acids is 1. The van der Waals surface area contributed by atoms with Gasteiger partial charge in [-0.3, -0.25) is 9.52 Å². The molecule has 0 aliphatic carbocycles. The van der Waals surface area contributed by atoms with Crippen molar-refractivity contribution in [3.63, 3.8) is 0 Å². The Morgan fingerprint density at radius 3 is 2.43 bits per heavy atom. The minimum atomic E-state index is -3.47. The van der Waals surface area contributed by atoms with Crippen LogP contribution in [0.3, 0.4) is 0 Å². The Bertz CT molecular complexity index is 1110. The van der Waals surface area contributed by atoms with E-state index in [0.717, 1.165) is 17.4 Å². The highest BCUT2D eigenvalue weighted by atomic mass is 35.5. The Morgan fingerprint density at radius 2 is 1.79 bits per heavy atom. The van der Waals surface area contributed by atoms with Gasteiger partial charge in [-0.25, -0.2) is 8.42 Å². The molecule has 6 nitrogen and oxygen atoms in total. The van der Waals surface area contributed by atoms with Gasteiger partial charge in [0.2, 0.25) is 10.0 Å². The largest absolute Gasteiger partial charge is 0.391 e. The fourth-order valence-electron chi connectivity index (χ4n) is 2.65. The van der Waals surface area contributed by atoms with Crippen LogP contribution in [0.2, 0.25) is 5.02 Å². The smallest absolute Gasteiger partial charge is 0.265 e. The van der Waals surface area contributed by atoms with Crippen LogP contribution >= 0.6 is 22.9 Å². The van der Waals surface area contributed by atoms with Crippen molar-refractivity contribution in [3.8, 4) is 11.1 Å². The summed E-state index contributed by atoms with van der Waals surface area (Å²) in [4.78, 5) is 13.8. The first kappa shape index (κ1) is 20.3. The summed E-state index contributed by atoms with van der Waals surface area (Å²) in [5, 5.41) is 12.6. The van der Waals surface area contributed by atoms with Crippen molar-refractivity contribution in [1.29, 1.82) is 0 Å². The molecule has 0 saturated heterocycles. The molecule has 1 heterocycles. The first-order valence-corrected chi connectivity index (χ1v) is 11.2. The van der Waals surface area contributed by atoms with Gasteiger partial charge in [-0.2, -0.15) is 0 Å². The third-order valence-electron chi connectivity index (χ3n) is 3.72. The van der Waals surface area contributed by atoms with Crippen molar-refractivity contribution in [2.75, 3.05) is 16.3 Å². The van der Waals surface area contributed by atoms with Crippen LogP contribution in [0.1, 0.15) is 14.5 Å². The van der Waals surface area contributed by atoms with E-state index in [1.165, 1.54) is 29.5 Å². The summed E-state index contributed by atoms with van der Waals surface area (Å²) in [6.07, 6.45) is 1.03. The predicted molar refractivity (Wildman–Crippen MR) is 114 cm³/mol. The molecule has 0 saturated carbocycles. The lowest BCUT2D eigenvalue weighted by Crippen LogP contribution is -2.12. The molecule has 0 aliphatic heterocycles.